The largest absolute Gasteiger partial charge is 0.279 e. The molecule has 0 atom stereocenters. The average molecular weight is 412 g/mol. The van der Waals surface area contributed by atoms with Crippen molar-refractivity contribution in [3.8, 4) is 0 Å². The first kappa shape index (κ1) is 16.2. The minimum atomic E-state index is -3.84. The van der Waals surface area contributed by atoms with Crippen molar-refractivity contribution in [2.45, 2.75) is 11.1 Å². The lowest BCUT2D eigenvalue weighted by molar-refractivity contribution is -0.385. The predicted molar refractivity (Wildman–Crippen MR) is 85.7 cm³/mol. The van der Waals surface area contributed by atoms with E-state index in [4.69, 9.17) is 11.6 Å². The maximum absolute atomic E-state index is 12.2. The number of hydrogen-bond acceptors (Lipinski definition) is 5. The summed E-state index contributed by atoms with van der Waals surface area (Å²) in [4.78, 5) is 10.3. The zero-order valence-electron chi connectivity index (χ0n) is 10.5. The molecule has 0 unspecified atom stereocenters. The normalized spacial score (nSPS) is 11.4. The Kier molecular flexibility index (Phi) is 4.57. The topological polar surface area (TPSA) is 89.3 Å². The molecular formula is C11H8BrClN2O4S2. The van der Waals surface area contributed by atoms with Gasteiger partial charge in [-0.05, 0) is 35.0 Å². The second-order valence-corrected chi connectivity index (χ2v) is 8.74. The lowest BCUT2D eigenvalue weighted by atomic mass is 10.2. The Hall–Kier alpha value is -1.16. The highest BCUT2D eigenvalue weighted by Gasteiger charge is 2.20. The maximum Gasteiger partial charge on any atom is 0.274 e. The number of sulfonamides is 1. The van der Waals surface area contributed by atoms with E-state index < -0.39 is 14.9 Å². The van der Waals surface area contributed by atoms with Gasteiger partial charge in [-0.2, -0.15) is 0 Å². The van der Waals surface area contributed by atoms with Crippen LogP contribution in [0.2, 0.25) is 5.02 Å². The molecule has 1 N–H and O–H groups in total. The molecule has 0 spiro atoms. The van der Waals surface area contributed by atoms with Gasteiger partial charge in [0.1, 0.15) is 4.21 Å². The summed E-state index contributed by atoms with van der Waals surface area (Å²) in [7, 11) is -3.84. The molecule has 0 radical (unpaired) electrons. The van der Waals surface area contributed by atoms with Crippen LogP contribution < -0.4 is 4.72 Å². The van der Waals surface area contributed by atoms with Crippen LogP contribution in [0.15, 0.2) is 32.3 Å². The van der Waals surface area contributed by atoms with Crippen molar-refractivity contribution in [1.82, 2.24) is 0 Å². The van der Waals surface area contributed by atoms with E-state index in [0.717, 1.165) is 11.3 Å². The van der Waals surface area contributed by atoms with Gasteiger partial charge in [-0.3, -0.25) is 14.8 Å². The SMILES string of the molecule is Cc1ccc(NS(=O)(=O)c2cc(Cl)c(Br)s2)cc1[N+](=O)[O-]. The fraction of sp³-hybridized carbons (Fsp3) is 0.0909. The molecule has 0 aliphatic rings. The lowest BCUT2D eigenvalue weighted by Crippen LogP contribution is -2.11. The molecule has 112 valence electrons. The first-order valence-corrected chi connectivity index (χ1v) is 8.90. The van der Waals surface area contributed by atoms with Crippen molar-refractivity contribution < 1.29 is 13.3 Å². The highest BCUT2D eigenvalue weighted by molar-refractivity contribution is 9.11. The van der Waals surface area contributed by atoms with Crippen LogP contribution in [0.5, 0.6) is 0 Å². The number of aryl methyl sites for hydroxylation is 1. The van der Waals surface area contributed by atoms with Crippen LogP contribution in [0, 0.1) is 17.0 Å². The highest BCUT2D eigenvalue weighted by atomic mass is 79.9. The van der Waals surface area contributed by atoms with Crippen molar-refractivity contribution in [2.24, 2.45) is 0 Å². The molecule has 0 bridgehead atoms. The van der Waals surface area contributed by atoms with Crippen molar-refractivity contribution >= 4 is 60.3 Å². The van der Waals surface area contributed by atoms with Gasteiger partial charge in [0.25, 0.3) is 15.7 Å². The summed E-state index contributed by atoms with van der Waals surface area (Å²) in [6.45, 7) is 1.58. The fourth-order valence-electron chi connectivity index (χ4n) is 1.53. The van der Waals surface area contributed by atoms with E-state index in [-0.39, 0.29) is 20.6 Å². The van der Waals surface area contributed by atoms with Gasteiger partial charge in [0, 0.05) is 11.6 Å². The standard InChI is InChI=1S/C11H8BrClN2O4S2/c1-6-2-3-7(4-9(6)15(16)17)14-21(18,19)10-5-8(13)11(12)20-10/h2-5,14H,1H3. The zero-order chi connectivity index (χ0) is 15.8. The van der Waals surface area contributed by atoms with Gasteiger partial charge in [0.15, 0.2) is 0 Å². The molecule has 0 aliphatic carbocycles. The van der Waals surface area contributed by atoms with E-state index in [1.54, 1.807) is 6.92 Å². The first-order chi connectivity index (χ1) is 9.70. The Morgan fingerprint density at radius 2 is 2.05 bits per heavy atom. The first-order valence-electron chi connectivity index (χ1n) is 5.43. The third-order valence-corrected chi connectivity index (χ3v) is 6.88. The Morgan fingerprint density at radius 3 is 2.57 bits per heavy atom. The van der Waals surface area contributed by atoms with E-state index in [1.807, 2.05) is 0 Å². The van der Waals surface area contributed by atoms with E-state index >= 15 is 0 Å². The van der Waals surface area contributed by atoms with Crippen molar-refractivity contribution in [1.29, 1.82) is 0 Å². The number of benzene rings is 1. The van der Waals surface area contributed by atoms with Gasteiger partial charge < -0.3 is 0 Å². The van der Waals surface area contributed by atoms with Crippen LogP contribution >= 0.6 is 38.9 Å². The molecule has 21 heavy (non-hydrogen) atoms. The number of nitrogens with one attached hydrogen (secondary N) is 1. The van der Waals surface area contributed by atoms with Gasteiger partial charge in [-0.15, -0.1) is 11.3 Å². The van der Waals surface area contributed by atoms with Crippen LogP contribution in [-0.2, 0) is 10.0 Å². The second-order valence-electron chi connectivity index (χ2n) is 4.05. The summed E-state index contributed by atoms with van der Waals surface area (Å²) in [6.07, 6.45) is 0. The minimum Gasteiger partial charge on any atom is -0.279 e. The average Bonchev–Trinajstić information content (AvgIpc) is 2.72. The zero-order valence-corrected chi connectivity index (χ0v) is 14.4. The van der Waals surface area contributed by atoms with Gasteiger partial charge >= 0.3 is 0 Å². The number of hydrogen-bond donors (Lipinski definition) is 1. The molecule has 0 amide bonds. The third kappa shape index (κ3) is 3.54. The quantitative estimate of drug-likeness (QED) is 0.603. The monoisotopic (exact) mass is 410 g/mol. The Bertz CT molecular complexity index is 800. The van der Waals surface area contributed by atoms with Crippen LogP contribution in [0.25, 0.3) is 0 Å². The number of nitrogens with zero attached hydrogens (tertiary/aromatic N) is 1. The molecule has 0 aliphatic heterocycles. The molecule has 1 aromatic carbocycles. The molecule has 0 saturated carbocycles. The minimum absolute atomic E-state index is 0.0163. The Labute approximate surface area is 138 Å². The summed E-state index contributed by atoms with van der Waals surface area (Å²) in [5.41, 5.74) is 0.415. The van der Waals surface area contributed by atoms with E-state index in [1.165, 1.54) is 24.3 Å². The van der Waals surface area contributed by atoms with Crippen molar-refractivity contribution in [3.63, 3.8) is 0 Å². The second kappa shape index (κ2) is 5.91. The number of anilines is 1. The van der Waals surface area contributed by atoms with Gasteiger partial charge in [-0.1, -0.05) is 17.7 Å². The van der Waals surface area contributed by atoms with Crippen LogP contribution in [0.4, 0.5) is 11.4 Å². The van der Waals surface area contributed by atoms with Crippen molar-refractivity contribution in [2.75, 3.05) is 4.72 Å². The molecule has 2 aromatic rings. The molecule has 10 heteroatoms. The van der Waals surface area contributed by atoms with E-state index in [9.17, 15) is 18.5 Å². The van der Waals surface area contributed by atoms with Crippen LogP contribution in [0.3, 0.4) is 0 Å². The van der Waals surface area contributed by atoms with Gasteiger partial charge in [-0.25, -0.2) is 8.42 Å². The Morgan fingerprint density at radius 1 is 1.38 bits per heavy atom. The number of halogens is 2. The molecule has 2 rings (SSSR count). The summed E-state index contributed by atoms with van der Waals surface area (Å²) < 4.78 is 27.2. The Balaban J connectivity index is 2.37. The summed E-state index contributed by atoms with van der Waals surface area (Å²) in [6, 6.07) is 5.43. The highest BCUT2D eigenvalue weighted by Crippen LogP contribution is 2.35. The summed E-state index contributed by atoms with van der Waals surface area (Å²) >= 11 is 9.90. The van der Waals surface area contributed by atoms with Gasteiger partial charge in [0.05, 0.1) is 19.4 Å². The lowest BCUT2D eigenvalue weighted by Gasteiger charge is -2.06. The third-order valence-electron chi connectivity index (χ3n) is 2.55. The molecular weight excluding hydrogens is 404 g/mol. The molecule has 0 fully saturated rings. The molecule has 1 heterocycles. The molecule has 6 nitrogen and oxygen atoms in total. The summed E-state index contributed by atoms with van der Waals surface area (Å²) in [5.74, 6) is 0. The van der Waals surface area contributed by atoms with Crippen LogP contribution in [-0.4, -0.2) is 13.3 Å². The number of nitro benzene ring substituents is 1. The van der Waals surface area contributed by atoms with E-state index in [2.05, 4.69) is 20.7 Å². The predicted octanol–water partition coefficient (Wildman–Crippen LogP) is 4.18. The maximum atomic E-state index is 12.2. The fourth-order valence-corrected chi connectivity index (χ4v) is 4.98. The van der Waals surface area contributed by atoms with E-state index in [0.29, 0.717) is 9.35 Å². The number of thiophene rings is 1. The van der Waals surface area contributed by atoms with Crippen LogP contribution in [0.1, 0.15) is 5.56 Å². The van der Waals surface area contributed by atoms with Gasteiger partial charge in [0.2, 0.25) is 0 Å². The molecule has 1 aromatic heterocycles. The smallest absolute Gasteiger partial charge is 0.274 e. The number of rotatable bonds is 4. The number of nitro groups is 1. The van der Waals surface area contributed by atoms with Crippen molar-refractivity contribution in [3.05, 3.63) is 48.8 Å². The summed E-state index contributed by atoms with van der Waals surface area (Å²) in [5, 5.41) is 11.2. The molecule has 0 saturated heterocycles.